The van der Waals surface area contributed by atoms with Crippen LogP contribution in [0.2, 0.25) is 0 Å². The normalized spacial score (nSPS) is 16.6. The highest BCUT2D eigenvalue weighted by Gasteiger charge is 2.16. The summed E-state index contributed by atoms with van der Waals surface area (Å²) in [5.41, 5.74) is 1.85. The first-order valence-electron chi connectivity index (χ1n) is 5.95. The van der Waals surface area contributed by atoms with E-state index in [1.54, 1.807) is 0 Å². The van der Waals surface area contributed by atoms with E-state index in [9.17, 15) is 0 Å². The third-order valence-corrected chi connectivity index (χ3v) is 3.40. The Kier molecular flexibility index (Phi) is 4.05. The molecule has 0 saturated heterocycles. The smallest absolute Gasteiger partial charge is 0.142 e. The summed E-state index contributed by atoms with van der Waals surface area (Å²) in [4.78, 5) is 4.38. The van der Waals surface area contributed by atoms with Crippen LogP contribution < -0.4 is 4.74 Å². The molecule has 0 bridgehead atoms. The molecule has 1 aromatic heterocycles. The van der Waals surface area contributed by atoms with Gasteiger partial charge >= 0.3 is 0 Å². The van der Waals surface area contributed by atoms with Gasteiger partial charge in [0.1, 0.15) is 5.75 Å². The van der Waals surface area contributed by atoms with Gasteiger partial charge in [0.25, 0.3) is 0 Å². The molecule has 2 nitrogen and oxygen atoms in total. The minimum atomic E-state index is 0.418. The highest BCUT2D eigenvalue weighted by molar-refractivity contribution is 6.17. The van der Waals surface area contributed by atoms with Crippen molar-refractivity contribution in [1.29, 1.82) is 0 Å². The Balaban J connectivity index is 1.97. The number of ether oxygens (including phenoxy) is 1. The molecule has 0 radical (unpaired) electrons. The van der Waals surface area contributed by atoms with Crippen LogP contribution in [0.3, 0.4) is 0 Å². The van der Waals surface area contributed by atoms with Gasteiger partial charge in [0.05, 0.1) is 18.2 Å². The third kappa shape index (κ3) is 2.88. The quantitative estimate of drug-likeness (QED) is 0.748. The molecule has 2 rings (SSSR count). The van der Waals surface area contributed by atoms with Crippen LogP contribution in [0.15, 0.2) is 12.1 Å². The van der Waals surface area contributed by atoms with Gasteiger partial charge in [-0.3, -0.25) is 4.98 Å². The predicted molar refractivity (Wildman–Crippen MR) is 66.0 cm³/mol. The molecule has 0 unspecified atom stereocenters. The maximum absolute atomic E-state index is 5.86. The number of hydrogen-bond donors (Lipinski definition) is 0. The van der Waals surface area contributed by atoms with E-state index >= 15 is 0 Å². The Bertz CT molecular complexity index is 348. The molecule has 0 aromatic carbocycles. The van der Waals surface area contributed by atoms with Gasteiger partial charge in [0, 0.05) is 5.69 Å². The van der Waals surface area contributed by atoms with E-state index in [2.05, 4.69) is 4.98 Å². The molecule has 0 N–H and O–H groups in total. The zero-order chi connectivity index (χ0) is 11.4. The first-order chi connectivity index (χ1) is 7.79. The van der Waals surface area contributed by atoms with Crippen molar-refractivity contribution in [3.63, 3.8) is 0 Å². The maximum Gasteiger partial charge on any atom is 0.142 e. The Labute approximate surface area is 102 Å². The molecule has 1 heterocycles. The van der Waals surface area contributed by atoms with Crippen molar-refractivity contribution in [3.05, 3.63) is 23.5 Å². The average Bonchev–Trinajstić information content (AvgIpc) is 2.80. The second kappa shape index (κ2) is 5.53. The molecule has 1 aliphatic rings. The van der Waals surface area contributed by atoms with Gasteiger partial charge in [-0.2, -0.15) is 0 Å². The molecular weight excluding hydrogens is 222 g/mol. The fourth-order valence-electron chi connectivity index (χ4n) is 2.21. The summed E-state index contributed by atoms with van der Waals surface area (Å²) in [6.45, 7) is 2.78. The van der Waals surface area contributed by atoms with Crippen molar-refractivity contribution in [1.82, 2.24) is 4.98 Å². The van der Waals surface area contributed by atoms with Crippen LogP contribution >= 0.6 is 11.6 Å². The van der Waals surface area contributed by atoms with Crippen molar-refractivity contribution in [2.24, 2.45) is 5.92 Å². The topological polar surface area (TPSA) is 22.1 Å². The first kappa shape index (κ1) is 11.7. The number of aromatic nitrogens is 1. The van der Waals surface area contributed by atoms with Crippen molar-refractivity contribution in [2.75, 3.05) is 6.61 Å². The SMILES string of the molecule is Cc1ccc(OCC2CCCC2)c(CCl)n1. The summed E-state index contributed by atoms with van der Waals surface area (Å²) >= 11 is 5.86. The fraction of sp³-hybridized carbons (Fsp3) is 0.615. The summed E-state index contributed by atoms with van der Waals surface area (Å²) in [5.74, 6) is 2.00. The van der Waals surface area contributed by atoms with Gasteiger partial charge in [-0.05, 0) is 37.8 Å². The molecule has 1 fully saturated rings. The van der Waals surface area contributed by atoms with Crippen LogP contribution in [0.5, 0.6) is 5.75 Å². The summed E-state index contributed by atoms with van der Waals surface area (Å²) in [7, 11) is 0. The molecule has 88 valence electrons. The molecule has 1 saturated carbocycles. The van der Waals surface area contributed by atoms with Crippen LogP contribution in [-0.4, -0.2) is 11.6 Å². The minimum absolute atomic E-state index is 0.418. The van der Waals surface area contributed by atoms with Crippen LogP contribution in [0, 0.1) is 12.8 Å². The van der Waals surface area contributed by atoms with Gasteiger partial charge in [-0.1, -0.05) is 12.8 Å². The molecule has 0 atom stereocenters. The fourth-order valence-corrected chi connectivity index (χ4v) is 2.40. The molecule has 3 heteroatoms. The zero-order valence-electron chi connectivity index (χ0n) is 9.71. The van der Waals surface area contributed by atoms with Crippen molar-refractivity contribution in [2.45, 2.75) is 38.5 Å². The van der Waals surface area contributed by atoms with Crippen molar-refractivity contribution in [3.8, 4) is 5.75 Å². The molecule has 16 heavy (non-hydrogen) atoms. The summed E-state index contributed by atoms with van der Waals surface area (Å²) in [6.07, 6.45) is 5.30. The highest BCUT2D eigenvalue weighted by atomic mass is 35.5. The predicted octanol–water partition coefficient (Wildman–Crippen LogP) is 3.70. The van der Waals surface area contributed by atoms with E-state index in [-0.39, 0.29) is 0 Å². The number of nitrogens with zero attached hydrogens (tertiary/aromatic N) is 1. The van der Waals surface area contributed by atoms with E-state index in [0.29, 0.717) is 5.88 Å². The van der Waals surface area contributed by atoms with Gasteiger partial charge in [-0.25, -0.2) is 0 Å². The number of alkyl halides is 1. The summed E-state index contributed by atoms with van der Waals surface area (Å²) in [5, 5.41) is 0. The van der Waals surface area contributed by atoms with Crippen LogP contribution in [0.1, 0.15) is 37.1 Å². The lowest BCUT2D eigenvalue weighted by atomic mass is 10.1. The largest absolute Gasteiger partial charge is 0.491 e. The summed E-state index contributed by atoms with van der Waals surface area (Å²) in [6, 6.07) is 3.95. The lowest BCUT2D eigenvalue weighted by Crippen LogP contribution is -2.09. The number of aryl methyl sites for hydroxylation is 1. The Morgan fingerprint density at radius 2 is 2.12 bits per heavy atom. The van der Waals surface area contributed by atoms with E-state index in [4.69, 9.17) is 16.3 Å². The summed E-state index contributed by atoms with van der Waals surface area (Å²) < 4.78 is 5.82. The maximum atomic E-state index is 5.86. The van der Waals surface area contributed by atoms with Crippen LogP contribution in [0.4, 0.5) is 0 Å². The monoisotopic (exact) mass is 239 g/mol. The van der Waals surface area contributed by atoms with Gasteiger partial charge in [0.15, 0.2) is 0 Å². The number of halogens is 1. The number of hydrogen-bond acceptors (Lipinski definition) is 2. The van der Waals surface area contributed by atoms with E-state index < -0.39 is 0 Å². The highest BCUT2D eigenvalue weighted by Crippen LogP contribution is 2.26. The number of rotatable bonds is 4. The standard InChI is InChI=1S/C13H18ClNO/c1-10-6-7-13(12(8-14)15-10)16-9-11-4-2-3-5-11/h6-7,11H,2-5,8-9H2,1H3. The molecule has 0 aliphatic heterocycles. The lowest BCUT2D eigenvalue weighted by Gasteiger charge is -2.13. The van der Waals surface area contributed by atoms with Crippen molar-refractivity contribution < 1.29 is 4.74 Å². The Morgan fingerprint density at radius 1 is 1.38 bits per heavy atom. The first-order valence-corrected chi connectivity index (χ1v) is 6.48. The van der Waals surface area contributed by atoms with Gasteiger partial charge in [-0.15, -0.1) is 11.6 Å². The number of pyridine rings is 1. The third-order valence-electron chi connectivity index (χ3n) is 3.15. The minimum Gasteiger partial charge on any atom is -0.491 e. The molecular formula is C13H18ClNO. The second-order valence-corrected chi connectivity index (χ2v) is 4.76. The molecule has 1 aromatic rings. The molecule has 0 amide bonds. The zero-order valence-corrected chi connectivity index (χ0v) is 10.5. The average molecular weight is 240 g/mol. The van der Waals surface area contributed by atoms with Crippen molar-refractivity contribution >= 4 is 11.6 Å². The van der Waals surface area contributed by atoms with Crippen LogP contribution in [-0.2, 0) is 5.88 Å². The van der Waals surface area contributed by atoms with E-state index in [0.717, 1.165) is 29.7 Å². The van der Waals surface area contributed by atoms with E-state index in [1.165, 1.54) is 25.7 Å². The van der Waals surface area contributed by atoms with E-state index in [1.807, 2.05) is 19.1 Å². The van der Waals surface area contributed by atoms with Gasteiger partial charge in [0.2, 0.25) is 0 Å². The van der Waals surface area contributed by atoms with Gasteiger partial charge < -0.3 is 4.74 Å². The Hall–Kier alpha value is -0.760. The molecule has 1 aliphatic carbocycles. The second-order valence-electron chi connectivity index (χ2n) is 4.49. The van der Waals surface area contributed by atoms with Crippen LogP contribution in [0.25, 0.3) is 0 Å². The molecule has 0 spiro atoms. The Morgan fingerprint density at radius 3 is 2.81 bits per heavy atom. The lowest BCUT2D eigenvalue weighted by molar-refractivity contribution is 0.249.